The Kier molecular flexibility index (Phi) is 6.23. The molecule has 1 atom stereocenters. The van der Waals surface area contributed by atoms with E-state index in [-0.39, 0.29) is 11.1 Å². The molecule has 3 nitrogen and oxygen atoms in total. The first-order valence-corrected chi connectivity index (χ1v) is 10.1. The smallest absolute Gasteiger partial charge is 0.341 e. The molecule has 0 bridgehead atoms. The van der Waals surface area contributed by atoms with Crippen LogP contribution in [0, 0.1) is 5.82 Å². The maximum atomic E-state index is 14.3. The second-order valence-electron chi connectivity index (χ2n) is 7.64. The summed E-state index contributed by atoms with van der Waals surface area (Å²) < 4.78 is 94.5. The van der Waals surface area contributed by atoms with Crippen LogP contribution in [0.15, 0.2) is 79.0 Å². The first-order chi connectivity index (χ1) is 16.4. The van der Waals surface area contributed by atoms with Crippen molar-refractivity contribution in [2.75, 3.05) is 0 Å². The van der Waals surface area contributed by atoms with E-state index in [0.717, 1.165) is 24.3 Å². The van der Waals surface area contributed by atoms with Crippen LogP contribution in [0.2, 0.25) is 0 Å². The van der Waals surface area contributed by atoms with Gasteiger partial charge in [-0.3, -0.25) is 9.78 Å². The highest BCUT2D eigenvalue weighted by Gasteiger charge is 2.37. The fourth-order valence-electron chi connectivity index (χ4n) is 3.71. The van der Waals surface area contributed by atoms with Crippen LogP contribution in [0.4, 0.5) is 30.7 Å². The van der Waals surface area contributed by atoms with Gasteiger partial charge in [0.1, 0.15) is 5.82 Å². The average Bonchev–Trinajstić information content (AvgIpc) is 2.80. The number of benzene rings is 3. The number of aromatic nitrogens is 1. The van der Waals surface area contributed by atoms with Gasteiger partial charge in [-0.15, -0.1) is 0 Å². The molecule has 4 aromatic rings. The average molecular weight is 492 g/mol. The van der Waals surface area contributed by atoms with Gasteiger partial charge >= 0.3 is 12.4 Å². The number of halogens is 7. The highest BCUT2D eigenvalue weighted by atomic mass is 19.4. The standard InChI is InChI=1S/C25H15F7N2O/c26-20-12-15(9-10-19(20)25(30,31)32)22(17-5-1-2-6-18(17)24(27,28)29)34-23(35)16-8-7-14-4-3-11-33-21(14)13-16/h1-13,22H,(H,34,35)/t22-/m0/s1. The second-order valence-corrected chi connectivity index (χ2v) is 7.64. The molecule has 0 aliphatic rings. The Labute approximate surface area is 194 Å². The van der Waals surface area contributed by atoms with E-state index in [2.05, 4.69) is 10.3 Å². The Morgan fingerprint density at radius 2 is 1.51 bits per heavy atom. The highest BCUT2D eigenvalue weighted by Crippen LogP contribution is 2.38. The van der Waals surface area contributed by atoms with Crippen molar-refractivity contribution in [3.8, 4) is 0 Å². The zero-order chi connectivity index (χ0) is 25.4. The maximum Gasteiger partial charge on any atom is 0.419 e. The zero-order valence-electron chi connectivity index (χ0n) is 17.6. The van der Waals surface area contributed by atoms with Gasteiger partial charge in [0.05, 0.1) is 22.7 Å². The van der Waals surface area contributed by atoms with E-state index in [1.165, 1.54) is 24.4 Å². The molecular weight excluding hydrogens is 477 g/mol. The molecule has 10 heteroatoms. The summed E-state index contributed by atoms with van der Waals surface area (Å²) >= 11 is 0. The van der Waals surface area contributed by atoms with Crippen molar-refractivity contribution in [2.24, 2.45) is 0 Å². The van der Waals surface area contributed by atoms with Gasteiger partial charge in [0.2, 0.25) is 0 Å². The van der Waals surface area contributed by atoms with E-state index in [9.17, 15) is 35.5 Å². The number of fused-ring (bicyclic) bond motifs is 1. The Morgan fingerprint density at radius 3 is 2.20 bits per heavy atom. The number of nitrogens with one attached hydrogen (secondary N) is 1. The Bertz CT molecular complexity index is 1400. The molecule has 35 heavy (non-hydrogen) atoms. The van der Waals surface area contributed by atoms with Crippen molar-refractivity contribution in [1.82, 2.24) is 10.3 Å². The molecule has 0 fully saturated rings. The zero-order valence-corrected chi connectivity index (χ0v) is 17.6. The molecule has 180 valence electrons. The van der Waals surface area contributed by atoms with Crippen LogP contribution in [0.3, 0.4) is 0 Å². The fraction of sp³-hybridized carbons (Fsp3) is 0.120. The summed E-state index contributed by atoms with van der Waals surface area (Å²) in [5.41, 5.74) is -2.93. The van der Waals surface area contributed by atoms with E-state index in [4.69, 9.17) is 0 Å². The molecule has 1 amide bonds. The van der Waals surface area contributed by atoms with Crippen LogP contribution < -0.4 is 5.32 Å². The molecular formula is C25H15F7N2O. The van der Waals surface area contributed by atoms with Crippen molar-refractivity contribution >= 4 is 16.8 Å². The molecule has 0 aliphatic carbocycles. The fourth-order valence-corrected chi connectivity index (χ4v) is 3.71. The lowest BCUT2D eigenvalue weighted by atomic mass is 9.92. The third-order valence-corrected chi connectivity index (χ3v) is 5.35. The van der Waals surface area contributed by atoms with E-state index < -0.39 is 46.8 Å². The summed E-state index contributed by atoms with van der Waals surface area (Å²) in [7, 11) is 0. The quantitative estimate of drug-likeness (QED) is 0.314. The van der Waals surface area contributed by atoms with E-state index in [1.54, 1.807) is 18.2 Å². The number of nitrogens with zero attached hydrogens (tertiary/aromatic N) is 1. The van der Waals surface area contributed by atoms with Gasteiger partial charge in [-0.1, -0.05) is 36.4 Å². The summed E-state index contributed by atoms with van der Waals surface area (Å²) in [5.74, 6) is -2.49. The van der Waals surface area contributed by atoms with E-state index >= 15 is 0 Å². The molecule has 4 rings (SSSR count). The van der Waals surface area contributed by atoms with Gasteiger partial charge in [-0.05, 0) is 47.5 Å². The summed E-state index contributed by atoms with van der Waals surface area (Å²) in [5, 5.41) is 3.13. The summed E-state index contributed by atoms with van der Waals surface area (Å²) in [4.78, 5) is 17.1. The summed E-state index contributed by atoms with van der Waals surface area (Å²) in [6.07, 6.45) is -8.34. The minimum Gasteiger partial charge on any atom is -0.341 e. The summed E-state index contributed by atoms with van der Waals surface area (Å²) in [6.45, 7) is 0. The number of hydrogen-bond acceptors (Lipinski definition) is 2. The lowest BCUT2D eigenvalue weighted by Crippen LogP contribution is -2.31. The summed E-state index contributed by atoms with van der Waals surface area (Å²) in [6, 6.07) is 12.3. The number of amides is 1. The first kappa shape index (κ1) is 24.2. The van der Waals surface area contributed by atoms with Gasteiger partial charge in [0, 0.05) is 17.1 Å². The van der Waals surface area contributed by atoms with Crippen molar-refractivity contribution in [3.63, 3.8) is 0 Å². The van der Waals surface area contributed by atoms with Gasteiger partial charge in [0.25, 0.3) is 5.91 Å². The number of pyridine rings is 1. The minimum absolute atomic E-state index is 0.0538. The van der Waals surface area contributed by atoms with Gasteiger partial charge in [-0.25, -0.2) is 4.39 Å². The lowest BCUT2D eigenvalue weighted by Gasteiger charge is -2.24. The lowest BCUT2D eigenvalue weighted by molar-refractivity contribution is -0.140. The molecule has 0 spiro atoms. The normalized spacial score (nSPS) is 13.0. The van der Waals surface area contributed by atoms with Crippen molar-refractivity contribution in [1.29, 1.82) is 0 Å². The largest absolute Gasteiger partial charge is 0.419 e. The van der Waals surface area contributed by atoms with Crippen LogP contribution in [-0.2, 0) is 12.4 Å². The van der Waals surface area contributed by atoms with Gasteiger partial charge in [-0.2, -0.15) is 26.3 Å². The van der Waals surface area contributed by atoms with Gasteiger partial charge in [0.15, 0.2) is 0 Å². The van der Waals surface area contributed by atoms with E-state index in [1.807, 2.05) is 0 Å². The van der Waals surface area contributed by atoms with Crippen LogP contribution in [-0.4, -0.2) is 10.9 Å². The first-order valence-electron chi connectivity index (χ1n) is 10.1. The van der Waals surface area contributed by atoms with Crippen LogP contribution >= 0.6 is 0 Å². The number of rotatable bonds is 4. The van der Waals surface area contributed by atoms with Crippen LogP contribution in [0.25, 0.3) is 10.9 Å². The van der Waals surface area contributed by atoms with Crippen molar-refractivity contribution in [3.05, 3.63) is 113 Å². The Hall–Kier alpha value is -3.95. The molecule has 0 radical (unpaired) electrons. The Balaban J connectivity index is 1.81. The van der Waals surface area contributed by atoms with Gasteiger partial charge < -0.3 is 5.32 Å². The number of carbonyl (C=O) groups excluding carboxylic acids is 1. The predicted molar refractivity (Wildman–Crippen MR) is 114 cm³/mol. The molecule has 0 saturated heterocycles. The van der Waals surface area contributed by atoms with Crippen LogP contribution in [0.1, 0.15) is 38.7 Å². The predicted octanol–water partition coefficient (Wildman–Crippen LogP) is 6.93. The molecule has 0 saturated carbocycles. The molecule has 1 heterocycles. The Morgan fingerprint density at radius 1 is 0.800 bits per heavy atom. The third-order valence-electron chi connectivity index (χ3n) is 5.35. The minimum atomic E-state index is -5.00. The SMILES string of the molecule is O=C(N[C@@H](c1ccc(C(F)(F)F)c(F)c1)c1ccccc1C(F)(F)F)c1ccc2cccnc2c1. The molecule has 1 aromatic heterocycles. The molecule has 1 N–H and O–H groups in total. The molecule has 0 unspecified atom stereocenters. The number of carbonyl (C=O) groups is 1. The maximum absolute atomic E-state index is 14.3. The monoisotopic (exact) mass is 492 g/mol. The molecule has 0 aliphatic heterocycles. The topological polar surface area (TPSA) is 42.0 Å². The highest BCUT2D eigenvalue weighted by molar-refractivity contribution is 5.98. The van der Waals surface area contributed by atoms with Crippen molar-refractivity contribution < 1.29 is 35.5 Å². The van der Waals surface area contributed by atoms with Crippen molar-refractivity contribution in [2.45, 2.75) is 18.4 Å². The number of alkyl halides is 6. The number of hydrogen-bond donors (Lipinski definition) is 1. The second kappa shape index (κ2) is 9.01. The third kappa shape index (κ3) is 5.11. The van der Waals surface area contributed by atoms with E-state index in [0.29, 0.717) is 23.0 Å². The molecule has 3 aromatic carbocycles. The van der Waals surface area contributed by atoms with Crippen LogP contribution in [0.5, 0.6) is 0 Å².